The molecule has 8 aromatic rings. The van der Waals surface area contributed by atoms with Crippen molar-refractivity contribution in [2.75, 3.05) is 95.3 Å². The van der Waals surface area contributed by atoms with E-state index in [9.17, 15) is 24.0 Å². The van der Waals surface area contributed by atoms with Gasteiger partial charge in [-0.1, -0.05) is 76.2 Å². The number of ether oxygens (including phenoxy) is 9. The molecule has 3 aromatic carbocycles. The molecule has 5 aromatic heterocycles. The summed E-state index contributed by atoms with van der Waals surface area (Å²) in [4.78, 5) is 102. The number of carbonyl (C=O) groups is 6. The lowest BCUT2D eigenvalue weighted by molar-refractivity contribution is -0.126. The second-order valence-corrected chi connectivity index (χ2v) is 32.4. The van der Waals surface area contributed by atoms with Crippen molar-refractivity contribution in [2.24, 2.45) is 0 Å². The fourth-order valence-electron chi connectivity index (χ4n) is 14.5. The number of pyridine rings is 2. The molecule has 0 aliphatic carbocycles. The maximum absolute atomic E-state index is 13.3. The molecule has 6 saturated heterocycles. The number of carbonyl (C=O) groups excluding carboxylic acids is 6. The van der Waals surface area contributed by atoms with E-state index in [1.165, 1.54) is 6.08 Å². The first-order chi connectivity index (χ1) is 57.6. The standard InChI is InChI=1S/C29H36ClN5O5.C27H30ClN5O4.C22H31ClN4O4.C7H4.C3H4O2.3CH4/c1-18-15-19(10-12-31-18)26(36)33-27-32-22-8-9-23(39-21-11-14-38-17-21)24(30)25(22)35(27)20-7-5-6-13-34(16-20)28(37)40-29(2,3)4;1-3-23(34)32-12-5-4-6-19(15-32)33-25-21(7-8-22(24(25)28)37-20-10-13-36-16-20)30-27(33)31-26(35)18-9-11-29-17(2)14-18;1-22(2,3)31-21(28)26-10-5-4-6-14(12-26)27-19-16(25-20(27)24)7-8-17(18(19)23)30-15-9-11-29-13-15;1-3-5-7-6-4-2;1-2-5-3-4;;;/h8-10,12,15,20-21H,5-7,11,13-14,16-17H2,1-4H3,(H,32,33,36);3,7-9,11,14,19-20H,1,4-6,10,12-13,15-16H2,2H3,(H,30,31,35);7-8,14-15H,4-6,9-13H2,1-3H3,(H2,24,25);1H,2H3;2-3H,1H2;3*1H4/t20-,21-;19-,20-;14-,15-;;;;;/m111...../s1. The van der Waals surface area contributed by atoms with Crippen LogP contribution in [0.15, 0.2) is 98.6 Å². The fourth-order valence-corrected chi connectivity index (χ4v) is 15.4. The highest BCUT2D eigenvalue weighted by atomic mass is 35.5. The van der Waals surface area contributed by atoms with Crippen LogP contribution in [0.5, 0.6) is 17.2 Å². The first-order valence-electron chi connectivity index (χ1n) is 40.1. The van der Waals surface area contributed by atoms with E-state index in [0.29, 0.717) is 174 Å². The van der Waals surface area contributed by atoms with Gasteiger partial charge in [-0.05, 0) is 211 Å². The van der Waals surface area contributed by atoms with Crippen molar-refractivity contribution in [2.45, 2.75) is 209 Å². The summed E-state index contributed by atoms with van der Waals surface area (Å²) in [6.45, 7) is 30.4. The molecule has 123 heavy (non-hydrogen) atoms. The van der Waals surface area contributed by atoms with E-state index in [1.807, 2.05) is 93.4 Å². The van der Waals surface area contributed by atoms with E-state index in [2.05, 4.69) is 73.1 Å². The Hall–Kier alpha value is -11.1. The van der Waals surface area contributed by atoms with Crippen LogP contribution in [0.4, 0.5) is 27.4 Å². The third-order valence-corrected chi connectivity index (χ3v) is 21.0. The van der Waals surface area contributed by atoms with E-state index in [4.69, 9.17) is 99.6 Å². The number of aromatic nitrogens is 8. The van der Waals surface area contributed by atoms with Gasteiger partial charge in [-0.2, -0.15) is 0 Å². The normalized spacial score (nSPS) is 18.6. The Morgan fingerprint density at radius 1 is 0.545 bits per heavy atom. The van der Waals surface area contributed by atoms with Crippen molar-refractivity contribution < 1.29 is 71.4 Å². The molecule has 29 nitrogen and oxygen atoms in total. The predicted octanol–water partition coefficient (Wildman–Crippen LogP) is 17.6. The summed E-state index contributed by atoms with van der Waals surface area (Å²) >= 11 is 20.8. The van der Waals surface area contributed by atoms with Crippen LogP contribution < -0.4 is 30.6 Å². The Kier molecular flexibility index (Phi) is 37.8. The van der Waals surface area contributed by atoms with Gasteiger partial charge in [-0.3, -0.25) is 39.8 Å². The number of rotatable bonds is 16. The topological polar surface area (TPSA) is 325 Å². The van der Waals surface area contributed by atoms with Crippen LogP contribution in [-0.2, 0) is 38.0 Å². The zero-order valence-electron chi connectivity index (χ0n) is 69.3. The van der Waals surface area contributed by atoms with Crippen molar-refractivity contribution in [1.29, 1.82) is 0 Å². The summed E-state index contributed by atoms with van der Waals surface area (Å²) in [5, 5.41) is 7.29. The second kappa shape index (κ2) is 47.0. The molecule has 0 spiro atoms. The summed E-state index contributed by atoms with van der Waals surface area (Å²) in [5.41, 5.74) is 11.6. The highest BCUT2D eigenvalue weighted by Crippen LogP contribution is 2.43. The number of nitrogens with one attached hydrogen (secondary N) is 2. The minimum atomic E-state index is -0.609. The number of halogens is 3. The molecule has 6 atom stereocenters. The number of imidazole rings is 3. The van der Waals surface area contributed by atoms with Gasteiger partial charge in [0.15, 0.2) is 0 Å². The second-order valence-electron chi connectivity index (χ2n) is 31.2. The average molecular weight is 1750 g/mol. The number of nitrogens with two attached hydrogens (primary N) is 1. The SMILES string of the molecule is C.C.C.C#CC#CC#CC.C=CC(=O)N1CCCC[C@@H](n2c(NC(=O)c3ccnc(C)c3)nc3ccc(O[C@@H]4CCOC4)c(Cl)c32)C1.C=COC=O.CC(C)(C)OC(=O)N1CCCC[C@@H](n2c(N)nc3ccc(O[C@@H]4CCOC4)c(Cl)c32)C1.Cc1cc(C(=O)Nc2nc3ccc(O[C@@H]4CCOC4)c(Cl)c3n2[C@@H]2CCCCN(C(=O)OC(C)(C)C)C2)ccn1. The average Bonchev–Trinajstić information content (AvgIpc) is 1.62. The summed E-state index contributed by atoms with van der Waals surface area (Å²) in [6.07, 6.45) is 19.8. The van der Waals surface area contributed by atoms with E-state index in [1.54, 1.807) is 70.4 Å². The van der Waals surface area contributed by atoms with Gasteiger partial charge in [-0.15, -0.1) is 6.42 Å². The summed E-state index contributed by atoms with van der Waals surface area (Å²) in [5.74, 6) is 14.1. The van der Waals surface area contributed by atoms with Gasteiger partial charge in [0.25, 0.3) is 18.3 Å². The van der Waals surface area contributed by atoms with Gasteiger partial charge in [0.1, 0.15) is 61.8 Å². The summed E-state index contributed by atoms with van der Waals surface area (Å²) in [6, 6.07) is 17.4. The molecule has 0 unspecified atom stereocenters. The van der Waals surface area contributed by atoms with Crippen LogP contribution in [0.1, 0.15) is 198 Å². The minimum absolute atomic E-state index is 0. The molecule has 32 heteroatoms. The van der Waals surface area contributed by atoms with Crippen molar-refractivity contribution >= 4 is 122 Å². The molecule has 6 aliphatic heterocycles. The third kappa shape index (κ3) is 27.2. The number of nitrogens with zero attached hydrogens (tertiary/aromatic N) is 11. The lowest BCUT2D eigenvalue weighted by atomic mass is 10.1. The van der Waals surface area contributed by atoms with Gasteiger partial charge in [0.2, 0.25) is 23.8 Å². The Labute approximate surface area is 736 Å². The van der Waals surface area contributed by atoms with Gasteiger partial charge in [0.05, 0.1) is 97.1 Å². The highest BCUT2D eigenvalue weighted by molar-refractivity contribution is 6.37. The molecule has 0 radical (unpaired) electrons. The van der Waals surface area contributed by atoms with Crippen LogP contribution in [0.3, 0.4) is 0 Å². The molecule has 4 N–H and O–H groups in total. The van der Waals surface area contributed by atoms with Crippen LogP contribution in [0.25, 0.3) is 33.1 Å². The van der Waals surface area contributed by atoms with Gasteiger partial charge in [0, 0.05) is 93.4 Å². The largest absolute Gasteiger partial charge is 0.486 e. The molecule has 6 aliphatic rings. The zero-order chi connectivity index (χ0) is 86.2. The number of likely N-dealkylation sites (tertiary alicyclic amines) is 3. The lowest BCUT2D eigenvalue weighted by Crippen LogP contribution is -2.39. The zero-order valence-corrected chi connectivity index (χ0v) is 71.6. The summed E-state index contributed by atoms with van der Waals surface area (Å²) in [7, 11) is 0. The van der Waals surface area contributed by atoms with Crippen molar-refractivity contribution in [3.63, 3.8) is 0 Å². The molecule has 0 saturated carbocycles. The molecule has 6 fully saturated rings. The van der Waals surface area contributed by atoms with Crippen LogP contribution in [-0.4, -0.2) is 198 Å². The highest BCUT2D eigenvalue weighted by Gasteiger charge is 2.36. The van der Waals surface area contributed by atoms with E-state index < -0.39 is 11.2 Å². The quantitative estimate of drug-likeness (QED) is 0.0266. The number of nitrogen functional groups attached to an aromatic ring is 1. The predicted molar refractivity (Wildman–Crippen MR) is 481 cm³/mol. The Balaban J connectivity index is 0.000000236. The van der Waals surface area contributed by atoms with Gasteiger partial charge >= 0.3 is 12.2 Å². The number of hydrogen-bond donors (Lipinski definition) is 3. The van der Waals surface area contributed by atoms with E-state index in [0.717, 1.165) is 100 Å². The molecular formula is C91H117Cl3N14O15. The van der Waals surface area contributed by atoms with Crippen LogP contribution in [0, 0.1) is 49.9 Å². The number of fused-ring (bicyclic) bond motifs is 3. The molecular weight excluding hydrogens is 1640 g/mol. The number of amides is 5. The van der Waals surface area contributed by atoms with Gasteiger partial charge in [-0.25, -0.2) is 24.5 Å². The smallest absolute Gasteiger partial charge is 0.410 e. The van der Waals surface area contributed by atoms with Crippen LogP contribution in [0.2, 0.25) is 15.1 Å². The Bertz CT molecular complexity index is 5140. The molecule has 5 amide bonds. The summed E-state index contributed by atoms with van der Waals surface area (Å²) < 4.78 is 55.8. The van der Waals surface area contributed by atoms with E-state index >= 15 is 0 Å². The Morgan fingerprint density at radius 2 is 0.927 bits per heavy atom. The minimum Gasteiger partial charge on any atom is -0.486 e. The number of benzene rings is 3. The molecule has 14 rings (SSSR count). The van der Waals surface area contributed by atoms with Gasteiger partial charge < -0.3 is 76.8 Å². The molecule has 11 heterocycles. The van der Waals surface area contributed by atoms with Crippen molar-refractivity contribution in [3.05, 3.63) is 136 Å². The molecule has 662 valence electrons. The maximum atomic E-state index is 13.3. The number of terminal acetylenes is 1. The third-order valence-electron chi connectivity index (χ3n) is 19.9. The maximum Gasteiger partial charge on any atom is 0.410 e. The number of aryl methyl sites for hydroxylation is 2. The van der Waals surface area contributed by atoms with E-state index in [-0.39, 0.29) is 88.6 Å². The first kappa shape index (κ1) is 99.0. The monoisotopic (exact) mass is 1750 g/mol. The number of hydrogen-bond acceptors (Lipinski definition) is 21. The first-order valence-corrected chi connectivity index (χ1v) is 41.2. The van der Waals surface area contributed by atoms with Crippen molar-refractivity contribution in [3.8, 4) is 53.3 Å². The lowest BCUT2D eigenvalue weighted by Gasteiger charge is -2.29. The molecule has 0 bridgehead atoms. The van der Waals surface area contributed by atoms with Crippen LogP contribution >= 0.6 is 34.8 Å². The fraction of sp³-hybridized carbons (Fsp3) is 0.484. The van der Waals surface area contributed by atoms with Crippen molar-refractivity contribution in [1.82, 2.24) is 53.3 Å². The number of anilines is 3. The Morgan fingerprint density at radius 3 is 1.27 bits per heavy atom.